The minimum atomic E-state index is -0.191. The van der Waals surface area contributed by atoms with Crippen molar-refractivity contribution < 1.29 is 4.39 Å². The topological polar surface area (TPSA) is 26.0 Å². The van der Waals surface area contributed by atoms with Gasteiger partial charge in [-0.2, -0.15) is 11.8 Å². The van der Waals surface area contributed by atoms with Crippen LogP contribution in [0.5, 0.6) is 0 Å². The van der Waals surface area contributed by atoms with Crippen molar-refractivity contribution in [3.8, 4) is 0 Å². The highest BCUT2D eigenvalue weighted by atomic mass is 32.2. The normalized spacial score (nSPS) is 10.8. The highest BCUT2D eigenvalue weighted by molar-refractivity contribution is 7.97. The Hall–Kier alpha value is -1.32. The van der Waals surface area contributed by atoms with Gasteiger partial charge in [-0.3, -0.25) is 0 Å². The molecule has 0 spiro atoms. The summed E-state index contributed by atoms with van der Waals surface area (Å²) in [6, 6.07) is 11.4. The molecule has 0 aliphatic heterocycles. The van der Waals surface area contributed by atoms with Crippen LogP contribution in [0.4, 0.5) is 4.39 Å². The zero-order valence-corrected chi connectivity index (χ0v) is 12.8. The Balaban J connectivity index is 2.00. The van der Waals surface area contributed by atoms with Gasteiger partial charge < -0.3 is 5.73 Å². The van der Waals surface area contributed by atoms with E-state index in [2.05, 4.69) is 32.0 Å². The van der Waals surface area contributed by atoms with Gasteiger partial charge in [-0.1, -0.05) is 35.4 Å². The molecule has 2 rings (SSSR count). The van der Waals surface area contributed by atoms with E-state index in [9.17, 15) is 4.39 Å². The summed E-state index contributed by atoms with van der Waals surface area (Å²) in [6.45, 7) is 4.68. The van der Waals surface area contributed by atoms with E-state index >= 15 is 0 Å². The molecule has 0 saturated heterocycles. The second-order valence-corrected chi connectivity index (χ2v) is 6.09. The average molecular weight is 289 g/mol. The number of benzene rings is 2. The molecular weight excluding hydrogens is 269 g/mol. The van der Waals surface area contributed by atoms with E-state index in [1.165, 1.54) is 22.8 Å². The van der Waals surface area contributed by atoms with Gasteiger partial charge in [0.05, 0.1) is 0 Å². The van der Waals surface area contributed by atoms with Crippen LogP contribution in [0.25, 0.3) is 0 Å². The van der Waals surface area contributed by atoms with Crippen LogP contribution in [-0.4, -0.2) is 0 Å². The Morgan fingerprint density at radius 3 is 2.30 bits per heavy atom. The number of hydrogen-bond acceptors (Lipinski definition) is 2. The van der Waals surface area contributed by atoms with E-state index in [-0.39, 0.29) is 5.82 Å². The highest BCUT2D eigenvalue weighted by Gasteiger charge is 2.04. The molecule has 0 aliphatic rings. The van der Waals surface area contributed by atoms with E-state index in [0.29, 0.717) is 6.54 Å². The SMILES string of the molecule is Cc1cc(C)cc(CSCc2cc(F)ccc2CN)c1. The Kier molecular flexibility index (Phi) is 5.21. The van der Waals surface area contributed by atoms with Gasteiger partial charge >= 0.3 is 0 Å². The molecular formula is C17H20FNS. The molecule has 0 amide bonds. The molecule has 0 unspecified atom stereocenters. The van der Waals surface area contributed by atoms with Crippen molar-refractivity contribution in [2.24, 2.45) is 5.73 Å². The lowest BCUT2D eigenvalue weighted by Crippen LogP contribution is -2.01. The van der Waals surface area contributed by atoms with E-state index in [0.717, 1.165) is 22.6 Å². The smallest absolute Gasteiger partial charge is 0.123 e. The molecule has 2 aromatic carbocycles. The fraction of sp³-hybridized carbons (Fsp3) is 0.294. The van der Waals surface area contributed by atoms with Gasteiger partial charge in [0, 0.05) is 18.1 Å². The van der Waals surface area contributed by atoms with Crippen LogP contribution in [-0.2, 0) is 18.1 Å². The van der Waals surface area contributed by atoms with Crippen molar-refractivity contribution in [3.63, 3.8) is 0 Å². The lowest BCUT2D eigenvalue weighted by Gasteiger charge is -2.09. The Bertz CT molecular complexity index is 575. The van der Waals surface area contributed by atoms with Crippen LogP contribution >= 0.6 is 11.8 Å². The molecule has 0 heterocycles. The van der Waals surface area contributed by atoms with E-state index < -0.39 is 0 Å². The van der Waals surface area contributed by atoms with Gasteiger partial charge in [-0.05, 0) is 42.7 Å². The fourth-order valence-corrected chi connectivity index (χ4v) is 3.35. The molecule has 0 radical (unpaired) electrons. The first kappa shape index (κ1) is 15.1. The molecule has 0 saturated carbocycles. The first-order valence-corrected chi connectivity index (χ1v) is 7.86. The minimum absolute atomic E-state index is 0.191. The summed E-state index contributed by atoms with van der Waals surface area (Å²) in [5.41, 5.74) is 11.6. The van der Waals surface area contributed by atoms with Gasteiger partial charge in [0.25, 0.3) is 0 Å². The summed E-state index contributed by atoms with van der Waals surface area (Å²) < 4.78 is 13.3. The molecule has 2 aromatic rings. The predicted octanol–water partition coefficient (Wildman–Crippen LogP) is 4.33. The maximum atomic E-state index is 13.3. The summed E-state index contributed by atoms with van der Waals surface area (Å²) >= 11 is 1.79. The largest absolute Gasteiger partial charge is 0.326 e. The van der Waals surface area contributed by atoms with Crippen LogP contribution in [0.2, 0.25) is 0 Å². The van der Waals surface area contributed by atoms with Gasteiger partial charge in [-0.25, -0.2) is 4.39 Å². The molecule has 2 N–H and O–H groups in total. The van der Waals surface area contributed by atoms with E-state index in [4.69, 9.17) is 5.73 Å². The second-order valence-electron chi connectivity index (χ2n) is 5.11. The van der Waals surface area contributed by atoms with Gasteiger partial charge in [-0.15, -0.1) is 0 Å². The number of rotatable bonds is 5. The summed E-state index contributed by atoms with van der Waals surface area (Å²) in [5.74, 6) is 1.53. The fourth-order valence-electron chi connectivity index (χ4n) is 2.36. The molecule has 0 atom stereocenters. The van der Waals surface area contributed by atoms with E-state index in [1.54, 1.807) is 23.9 Å². The third kappa shape index (κ3) is 4.09. The van der Waals surface area contributed by atoms with Crippen molar-refractivity contribution in [1.82, 2.24) is 0 Å². The molecule has 0 aliphatic carbocycles. The lowest BCUT2D eigenvalue weighted by atomic mass is 10.1. The van der Waals surface area contributed by atoms with Crippen molar-refractivity contribution in [2.75, 3.05) is 0 Å². The maximum Gasteiger partial charge on any atom is 0.123 e. The quantitative estimate of drug-likeness (QED) is 0.886. The summed E-state index contributed by atoms with van der Waals surface area (Å²) in [4.78, 5) is 0. The zero-order chi connectivity index (χ0) is 14.5. The molecule has 20 heavy (non-hydrogen) atoms. The van der Waals surface area contributed by atoms with Gasteiger partial charge in [0.1, 0.15) is 5.82 Å². The maximum absolute atomic E-state index is 13.3. The van der Waals surface area contributed by atoms with Crippen molar-refractivity contribution in [1.29, 1.82) is 0 Å². The highest BCUT2D eigenvalue weighted by Crippen LogP contribution is 2.22. The second kappa shape index (κ2) is 6.91. The number of halogens is 1. The van der Waals surface area contributed by atoms with E-state index in [1.807, 2.05) is 0 Å². The third-order valence-electron chi connectivity index (χ3n) is 3.20. The van der Waals surface area contributed by atoms with Crippen molar-refractivity contribution in [2.45, 2.75) is 31.9 Å². The van der Waals surface area contributed by atoms with Crippen molar-refractivity contribution >= 4 is 11.8 Å². The molecule has 1 nitrogen and oxygen atoms in total. The van der Waals surface area contributed by atoms with Crippen molar-refractivity contribution in [3.05, 3.63) is 70.0 Å². The Morgan fingerprint density at radius 2 is 1.65 bits per heavy atom. The minimum Gasteiger partial charge on any atom is -0.326 e. The first-order chi connectivity index (χ1) is 9.58. The summed E-state index contributed by atoms with van der Waals surface area (Å²) in [7, 11) is 0. The predicted molar refractivity (Wildman–Crippen MR) is 85.2 cm³/mol. The summed E-state index contributed by atoms with van der Waals surface area (Å²) in [5, 5.41) is 0. The zero-order valence-electron chi connectivity index (χ0n) is 11.9. The number of thioether (sulfide) groups is 1. The van der Waals surface area contributed by atoms with Crippen LogP contribution in [0.1, 0.15) is 27.8 Å². The number of hydrogen-bond donors (Lipinski definition) is 1. The van der Waals surface area contributed by atoms with Gasteiger partial charge in [0.15, 0.2) is 0 Å². The van der Waals surface area contributed by atoms with Crippen LogP contribution in [0.15, 0.2) is 36.4 Å². The Labute approximate surface area is 124 Å². The van der Waals surface area contributed by atoms with Crippen LogP contribution < -0.4 is 5.73 Å². The monoisotopic (exact) mass is 289 g/mol. The Morgan fingerprint density at radius 1 is 0.950 bits per heavy atom. The third-order valence-corrected chi connectivity index (χ3v) is 4.25. The van der Waals surface area contributed by atoms with Crippen LogP contribution in [0, 0.1) is 19.7 Å². The number of nitrogens with two attached hydrogens (primary N) is 1. The molecule has 0 fully saturated rings. The number of aryl methyl sites for hydroxylation is 2. The van der Waals surface area contributed by atoms with Gasteiger partial charge in [0.2, 0.25) is 0 Å². The standard InChI is InChI=1S/C17H20FNS/c1-12-5-13(2)7-14(6-12)10-20-11-16-8-17(18)4-3-15(16)9-19/h3-8H,9-11,19H2,1-2H3. The molecule has 3 heteroatoms. The molecule has 0 aromatic heterocycles. The first-order valence-electron chi connectivity index (χ1n) is 6.71. The average Bonchev–Trinajstić information content (AvgIpc) is 2.38. The molecule has 0 bridgehead atoms. The van der Waals surface area contributed by atoms with Crippen LogP contribution in [0.3, 0.4) is 0 Å². The molecule has 106 valence electrons. The lowest BCUT2D eigenvalue weighted by molar-refractivity contribution is 0.625. The summed E-state index contributed by atoms with van der Waals surface area (Å²) in [6.07, 6.45) is 0.